The maximum Gasteiger partial charge on any atom is 0.223 e. The van der Waals surface area contributed by atoms with Gasteiger partial charge in [0, 0.05) is 19.0 Å². The van der Waals surface area contributed by atoms with Crippen molar-refractivity contribution in [3.05, 3.63) is 53.4 Å². The second-order valence-corrected chi connectivity index (χ2v) is 5.80. The van der Waals surface area contributed by atoms with Crippen molar-refractivity contribution in [1.29, 1.82) is 0 Å². The number of carbonyl (C=O) groups is 1. The zero-order valence-corrected chi connectivity index (χ0v) is 13.0. The maximum absolute atomic E-state index is 12.5. The summed E-state index contributed by atoms with van der Waals surface area (Å²) in [7, 11) is 0. The highest BCUT2D eigenvalue weighted by molar-refractivity contribution is 5.77. The van der Waals surface area contributed by atoms with Gasteiger partial charge in [-0.3, -0.25) is 4.79 Å². The largest absolute Gasteiger partial charge is 0.359 e. The van der Waals surface area contributed by atoms with Gasteiger partial charge < -0.3 is 9.42 Å². The lowest BCUT2D eigenvalue weighted by atomic mass is 10.1. The van der Waals surface area contributed by atoms with Crippen molar-refractivity contribution in [3.8, 4) is 0 Å². The SMILES string of the molecule is CCc1cc(C2CCCN2C(=O)CCc2ccccc2)on1. The Morgan fingerprint density at radius 1 is 1.36 bits per heavy atom. The average molecular weight is 298 g/mol. The van der Waals surface area contributed by atoms with Crippen molar-refractivity contribution in [2.45, 2.75) is 45.1 Å². The van der Waals surface area contributed by atoms with Crippen LogP contribution < -0.4 is 0 Å². The zero-order valence-electron chi connectivity index (χ0n) is 13.0. The summed E-state index contributed by atoms with van der Waals surface area (Å²) in [6, 6.07) is 12.2. The minimum absolute atomic E-state index is 0.0658. The predicted octanol–water partition coefficient (Wildman–Crippen LogP) is 3.53. The summed E-state index contributed by atoms with van der Waals surface area (Å²) < 4.78 is 5.44. The molecule has 116 valence electrons. The number of hydrogen-bond acceptors (Lipinski definition) is 3. The molecule has 1 amide bonds. The summed E-state index contributed by atoms with van der Waals surface area (Å²) in [5.74, 6) is 1.04. The van der Waals surface area contributed by atoms with E-state index in [1.54, 1.807) is 0 Å². The number of aryl methyl sites for hydroxylation is 2. The summed E-state index contributed by atoms with van der Waals surface area (Å²) in [5, 5.41) is 4.05. The van der Waals surface area contributed by atoms with Gasteiger partial charge in [0.1, 0.15) is 0 Å². The number of likely N-dealkylation sites (tertiary alicyclic amines) is 1. The smallest absolute Gasteiger partial charge is 0.223 e. The third kappa shape index (κ3) is 3.21. The number of hydrogen-bond donors (Lipinski definition) is 0. The summed E-state index contributed by atoms with van der Waals surface area (Å²) in [4.78, 5) is 14.5. The summed E-state index contributed by atoms with van der Waals surface area (Å²) >= 11 is 0. The number of rotatable bonds is 5. The molecule has 0 N–H and O–H groups in total. The van der Waals surface area contributed by atoms with Gasteiger partial charge in [0.15, 0.2) is 5.76 Å². The fraction of sp³-hybridized carbons (Fsp3) is 0.444. The molecule has 1 saturated heterocycles. The third-order valence-corrected chi connectivity index (χ3v) is 4.31. The van der Waals surface area contributed by atoms with Crippen LogP contribution in [0.25, 0.3) is 0 Å². The molecule has 1 aliphatic heterocycles. The van der Waals surface area contributed by atoms with Gasteiger partial charge >= 0.3 is 0 Å². The van der Waals surface area contributed by atoms with E-state index in [-0.39, 0.29) is 11.9 Å². The van der Waals surface area contributed by atoms with E-state index >= 15 is 0 Å². The van der Waals surface area contributed by atoms with Crippen LogP contribution in [0.15, 0.2) is 40.9 Å². The van der Waals surface area contributed by atoms with E-state index < -0.39 is 0 Å². The molecule has 1 unspecified atom stereocenters. The lowest BCUT2D eigenvalue weighted by molar-refractivity contribution is -0.132. The Balaban J connectivity index is 1.63. The van der Waals surface area contributed by atoms with Gasteiger partial charge in [0.2, 0.25) is 5.91 Å². The lowest BCUT2D eigenvalue weighted by Gasteiger charge is -2.22. The second kappa shape index (κ2) is 6.77. The van der Waals surface area contributed by atoms with Gasteiger partial charge in [-0.1, -0.05) is 42.4 Å². The van der Waals surface area contributed by atoms with Gasteiger partial charge in [-0.25, -0.2) is 0 Å². The Morgan fingerprint density at radius 2 is 2.18 bits per heavy atom. The molecule has 22 heavy (non-hydrogen) atoms. The first-order valence-corrected chi connectivity index (χ1v) is 8.07. The van der Waals surface area contributed by atoms with Crippen molar-refractivity contribution in [1.82, 2.24) is 10.1 Å². The minimum atomic E-state index is 0.0658. The molecule has 0 saturated carbocycles. The van der Waals surface area contributed by atoms with E-state index in [0.717, 1.165) is 43.7 Å². The molecule has 2 aromatic rings. The van der Waals surface area contributed by atoms with E-state index in [1.165, 1.54) is 5.56 Å². The maximum atomic E-state index is 12.5. The summed E-state index contributed by atoms with van der Waals surface area (Å²) in [5.41, 5.74) is 2.16. The monoisotopic (exact) mass is 298 g/mol. The molecular weight excluding hydrogens is 276 g/mol. The van der Waals surface area contributed by atoms with E-state index in [0.29, 0.717) is 6.42 Å². The Kier molecular flexibility index (Phi) is 4.56. The number of amides is 1. The van der Waals surface area contributed by atoms with Crippen molar-refractivity contribution >= 4 is 5.91 Å². The Morgan fingerprint density at radius 3 is 2.91 bits per heavy atom. The number of benzene rings is 1. The highest BCUT2D eigenvalue weighted by atomic mass is 16.5. The van der Waals surface area contributed by atoms with Gasteiger partial charge in [-0.15, -0.1) is 0 Å². The zero-order chi connectivity index (χ0) is 15.4. The first-order valence-electron chi connectivity index (χ1n) is 8.07. The van der Waals surface area contributed by atoms with Crippen molar-refractivity contribution in [3.63, 3.8) is 0 Å². The topological polar surface area (TPSA) is 46.3 Å². The van der Waals surface area contributed by atoms with Crippen LogP contribution in [-0.4, -0.2) is 22.5 Å². The first-order chi connectivity index (χ1) is 10.8. The van der Waals surface area contributed by atoms with Crippen LogP contribution in [0.4, 0.5) is 0 Å². The van der Waals surface area contributed by atoms with E-state index in [9.17, 15) is 4.79 Å². The van der Waals surface area contributed by atoms with Crippen LogP contribution >= 0.6 is 0 Å². The van der Waals surface area contributed by atoms with Crippen LogP contribution in [0, 0.1) is 0 Å². The van der Waals surface area contributed by atoms with Crippen LogP contribution in [0.1, 0.15) is 49.2 Å². The molecule has 1 fully saturated rings. The van der Waals surface area contributed by atoms with Crippen LogP contribution in [0.2, 0.25) is 0 Å². The molecule has 1 aromatic carbocycles. The predicted molar refractivity (Wildman–Crippen MR) is 84.3 cm³/mol. The lowest BCUT2D eigenvalue weighted by Crippen LogP contribution is -2.30. The standard InChI is InChI=1S/C18H22N2O2/c1-2-15-13-17(22-19-15)16-9-6-12-20(16)18(21)11-10-14-7-4-3-5-8-14/h3-5,7-8,13,16H,2,6,9-12H2,1H3. The van der Waals surface area contributed by atoms with Gasteiger partial charge in [-0.05, 0) is 31.2 Å². The third-order valence-electron chi connectivity index (χ3n) is 4.31. The highest BCUT2D eigenvalue weighted by Gasteiger charge is 2.32. The molecule has 1 atom stereocenters. The fourth-order valence-corrected chi connectivity index (χ4v) is 3.05. The molecule has 3 rings (SSSR count). The van der Waals surface area contributed by atoms with Gasteiger partial charge in [-0.2, -0.15) is 0 Å². The molecule has 1 aliphatic rings. The Labute approximate surface area is 131 Å². The molecule has 4 nitrogen and oxygen atoms in total. The van der Waals surface area contributed by atoms with E-state index in [2.05, 4.69) is 24.2 Å². The van der Waals surface area contributed by atoms with E-state index in [1.807, 2.05) is 29.2 Å². The molecule has 2 heterocycles. The molecule has 4 heteroatoms. The van der Waals surface area contributed by atoms with Crippen molar-refractivity contribution in [2.75, 3.05) is 6.54 Å². The van der Waals surface area contributed by atoms with Crippen LogP contribution in [0.3, 0.4) is 0 Å². The van der Waals surface area contributed by atoms with Gasteiger partial charge in [0.25, 0.3) is 0 Å². The number of carbonyl (C=O) groups excluding carboxylic acids is 1. The minimum Gasteiger partial charge on any atom is -0.359 e. The number of aromatic nitrogens is 1. The molecule has 0 aliphatic carbocycles. The van der Waals surface area contributed by atoms with Crippen molar-refractivity contribution < 1.29 is 9.32 Å². The molecule has 0 radical (unpaired) electrons. The normalized spacial score (nSPS) is 17.9. The number of nitrogens with zero attached hydrogens (tertiary/aromatic N) is 2. The second-order valence-electron chi connectivity index (χ2n) is 5.80. The molecular formula is C18H22N2O2. The van der Waals surface area contributed by atoms with Crippen LogP contribution in [0.5, 0.6) is 0 Å². The van der Waals surface area contributed by atoms with E-state index in [4.69, 9.17) is 4.52 Å². The first kappa shape index (κ1) is 14.8. The van der Waals surface area contributed by atoms with Crippen molar-refractivity contribution in [2.24, 2.45) is 0 Å². The summed E-state index contributed by atoms with van der Waals surface area (Å²) in [6.07, 6.45) is 4.20. The fourth-order valence-electron chi connectivity index (χ4n) is 3.05. The van der Waals surface area contributed by atoms with Gasteiger partial charge in [0.05, 0.1) is 11.7 Å². The molecule has 0 spiro atoms. The molecule has 1 aromatic heterocycles. The molecule has 0 bridgehead atoms. The average Bonchev–Trinajstić information content (AvgIpc) is 3.21. The Hall–Kier alpha value is -2.10. The summed E-state index contributed by atoms with van der Waals surface area (Å²) in [6.45, 7) is 2.87. The van der Waals surface area contributed by atoms with Crippen LogP contribution in [-0.2, 0) is 17.6 Å². The highest BCUT2D eigenvalue weighted by Crippen LogP contribution is 2.33. The Bertz CT molecular complexity index is 621. The quantitative estimate of drug-likeness (QED) is 0.848.